The number of hydrogen-bond donors (Lipinski definition) is 1. The molecule has 2 bridgehead atoms. The van der Waals surface area contributed by atoms with Crippen molar-refractivity contribution >= 4 is 22.1 Å². The average Bonchev–Trinajstić information content (AvgIpc) is 3.56. The van der Waals surface area contributed by atoms with Gasteiger partial charge in [-0.3, -0.25) is 10.00 Å². The largest absolute Gasteiger partial charge is 0.492 e. The summed E-state index contributed by atoms with van der Waals surface area (Å²) in [6, 6.07) is 7.36. The Morgan fingerprint density at radius 2 is 1.98 bits per heavy atom. The number of aromatic amines is 1. The number of rotatable bonds is 8. The maximum absolute atomic E-state index is 6.14. The lowest BCUT2D eigenvalue weighted by Crippen LogP contribution is -2.68. The van der Waals surface area contributed by atoms with Crippen molar-refractivity contribution < 1.29 is 9.47 Å². The smallest absolute Gasteiger partial charge is 0.212 e. The van der Waals surface area contributed by atoms with Crippen molar-refractivity contribution in [3.63, 3.8) is 0 Å². The van der Waals surface area contributed by atoms with Gasteiger partial charge in [-0.2, -0.15) is 5.10 Å². The van der Waals surface area contributed by atoms with E-state index < -0.39 is 0 Å². The molecule has 4 aliphatic heterocycles. The number of piperazine rings is 1. The molecule has 3 saturated heterocycles. The summed E-state index contributed by atoms with van der Waals surface area (Å²) in [6.45, 7) is 8.82. The van der Waals surface area contributed by atoms with Crippen molar-refractivity contribution in [2.75, 3.05) is 40.4 Å². The molecule has 40 heavy (non-hydrogen) atoms. The second kappa shape index (κ2) is 9.85. The van der Waals surface area contributed by atoms with E-state index in [1.807, 2.05) is 29.2 Å². The van der Waals surface area contributed by atoms with Gasteiger partial charge in [-0.25, -0.2) is 9.50 Å². The van der Waals surface area contributed by atoms with E-state index in [9.17, 15) is 0 Å². The number of allylic oxidation sites excluding steroid dienone is 2. The van der Waals surface area contributed by atoms with Gasteiger partial charge in [0.25, 0.3) is 0 Å². The number of nitrogens with zero attached hydrogens (tertiary/aromatic N) is 7. The molecule has 208 valence electrons. The topological polar surface area (TPSA) is 87.0 Å². The lowest BCUT2D eigenvalue weighted by atomic mass is 9.86. The molecular formula is C30H36N8O2. The van der Waals surface area contributed by atoms with Crippen molar-refractivity contribution in [1.29, 1.82) is 0 Å². The summed E-state index contributed by atoms with van der Waals surface area (Å²) in [5.41, 5.74) is 5.45. The molecule has 0 aromatic carbocycles. The minimum Gasteiger partial charge on any atom is -0.492 e. The molecule has 2 unspecified atom stereocenters. The van der Waals surface area contributed by atoms with Crippen LogP contribution in [-0.2, 0) is 6.54 Å². The fourth-order valence-corrected chi connectivity index (χ4v) is 6.31. The van der Waals surface area contributed by atoms with Gasteiger partial charge in [-0.05, 0) is 35.6 Å². The summed E-state index contributed by atoms with van der Waals surface area (Å²) in [7, 11) is 3.85. The van der Waals surface area contributed by atoms with E-state index in [0.29, 0.717) is 30.5 Å². The van der Waals surface area contributed by atoms with Gasteiger partial charge in [0.15, 0.2) is 5.65 Å². The Hall–Kier alpha value is -4.05. The van der Waals surface area contributed by atoms with Crippen LogP contribution in [0.15, 0.2) is 54.8 Å². The first-order chi connectivity index (χ1) is 19.5. The third kappa shape index (κ3) is 4.36. The second-order valence-corrected chi connectivity index (χ2v) is 11.6. The number of H-pyrrole nitrogens is 1. The Morgan fingerprint density at radius 3 is 2.70 bits per heavy atom. The van der Waals surface area contributed by atoms with Gasteiger partial charge in [0.2, 0.25) is 5.88 Å². The Balaban J connectivity index is 1.12. The maximum Gasteiger partial charge on any atom is 0.212 e. The van der Waals surface area contributed by atoms with Crippen LogP contribution < -0.4 is 9.47 Å². The monoisotopic (exact) mass is 540 g/mol. The molecule has 2 atom stereocenters. The lowest BCUT2D eigenvalue weighted by Gasteiger charge is -2.58. The van der Waals surface area contributed by atoms with E-state index in [1.165, 1.54) is 23.4 Å². The first kappa shape index (κ1) is 25.0. The quantitative estimate of drug-likeness (QED) is 0.361. The normalized spacial score (nSPS) is 21.1. The van der Waals surface area contributed by atoms with Gasteiger partial charge < -0.3 is 19.3 Å². The van der Waals surface area contributed by atoms with Crippen LogP contribution in [0.2, 0.25) is 0 Å². The Kier molecular flexibility index (Phi) is 6.14. The zero-order chi connectivity index (χ0) is 27.4. The highest BCUT2D eigenvalue weighted by Gasteiger charge is 2.45. The molecular weight excluding hydrogens is 504 g/mol. The summed E-state index contributed by atoms with van der Waals surface area (Å²) < 4.78 is 13.3. The number of fused-ring (bicyclic) bond motifs is 5. The molecule has 8 heterocycles. The molecule has 0 spiro atoms. The van der Waals surface area contributed by atoms with E-state index in [0.717, 1.165) is 54.0 Å². The number of aromatic nitrogens is 5. The second-order valence-electron chi connectivity index (χ2n) is 11.6. The standard InChI is InChI=1S/C30H36N8O2/c1-19(2)18-40-24-10-25(29-26-12-32-33-30(26)34-38(29)17-24)21-6-8-28(35(3)14-21)36-15-22-9-23(16-36)37(22)13-20-5-7-27(39-4)31-11-20/h5-8,10-12,17,19,22-23H,9,13-16,18H2,1-4H3,(H,33,34). The highest BCUT2D eigenvalue weighted by Crippen LogP contribution is 2.38. The van der Waals surface area contributed by atoms with E-state index in [-0.39, 0.29) is 0 Å². The minimum absolute atomic E-state index is 0.445. The molecule has 10 nitrogen and oxygen atoms in total. The predicted octanol–water partition coefficient (Wildman–Crippen LogP) is 3.78. The number of ether oxygens (including phenoxy) is 2. The predicted molar refractivity (Wildman–Crippen MR) is 154 cm³/mol. The zero-order valence-electron chi connectivity index (χ0n) is 23.5. The van der Waals surface area contributed by atoms with Crippen LogP contribution in [-0.4, -0.2) is 92.0 Å². The van der Waals surface area contributed by atoms with E-state index in [1.54, 1.807) is 7.11 Å². The molecule has 10 heteroatoms. The fourth-order valence-electron chi connectivity index (χ4n) is 6.31. The van der Waals surface area contributed by atoms with Crippen molar-refractivity contribution in [3.8, 4) is 11.6 Å². The van der Waals surface area contributed by atoms with Gasteiger partial charge in [0.1, 0.15) is 11.6 Å². The minimum atomic E-state index is 0.445. The van der Waals surface area contributed by atoms with Crippen molar-refractivity contribution in [1.82, 2.24) is 39.5 Å². The number of nitrogens with one attached hydrogen (secondary N) is 1. The molecule has 0 amide bonds. The molecule has 0 radical (unpaired) electrons. The third-order valence-electron chi connectivity index (χ3n) is 8.30. The molecule has 1 N–H and O–H groups in total. The van der Waals surface area contributed by atoms with Crippen LogP contribution in [0.1, 0.15) is 31.4 Å². The van der Waals surface area contributed by atoms with E-state index in [2.05, 4.69) is 75.1 Å². The van der Waals surface area contributed by atoms with Crippen LogP contribution in [0.25, 0.3) is 22.1 Å². The molecule has 8 rings (SSSR count). The van der Waals surface area contributed by atoms with Gasteiger partial charge in [-0.1, -0.05) is 26.0 Å². The molecule has 4 aromatic heterocycles. The highest BCUT2D eigenvalue weighted by atomic mass is 16.5. The van der Waals surface area contributed by atoms with Gasteiger partial charge in [-0.15, -0.1) is 5.10 Å². The Bertz CT molecular complexity index is 1590. The molecule has 4 aromatic rings. The summed E-state index contributed by atoms with van der Waals surface area (Å²) in [6.07, 6.45) is 11.6. The van der Waals surface area contributed by atoms with Crippen LogP contribution in [0.3, 0.4) is 0 Å². The van der Waals surface area contributed by atoms with Crippen LogP contribution >= 0.6 is 0 Å². The molecule has 0 saturated carbocycles. The summed E-state index contributed by atoms with van der Waals surface area (Å²) in [5.74, 6) is 3.22. The van der Waals surface area contributed by atoms with Gasteiger partial charge in [0, 0.05) is 63.1 Å². The molecule has 3 fully saturated rings. The lowest BCUT2D eigenvalue weighted by molar-refractivity contribution is -0.0707. The molecule has 0 aliphatic carbocycles. The first-order valence-corrected chi connectivity index (χ1v) is 14.1. The van der Waals surface area contributed by atoms with Crippen molar-refractivity contribution in [3.05, 3.63) is 65.9 Å². The van der Waals surface area contributed by atoms with E-state index in [4.69, 9.17) is 14.6 Å². The fraction of sp³-hybridized carbons (Fsp3) is 0.433. The van der Waals surface area contributed by atoms with E-state index >= 15 is 0 Å². The maximum atomic E-state index is 6.14. The number of likely N-dealkylation sites (N-methyl/N-ethyl adjacent to an activating group) is 1. The number of methoxy groups -OCH3 is 1. The number of hydrogen-bond acceptors (Lipinski definition) is 8. The Labute approximate surface area is 233 Å². The van der Waals surface area contributed by atoms with Crippen molar-refractivity contribution in [2.24, 2.45) is 5.92 Å². The highest BCUT2D eigenvalue weighted by molar-refractivity contribution is 5.99. The van der Waals surface area contributed by atoms with Crippen LogP contribution in [0.5, 0.6) is 11.6 Å². The zero-order valence-corrected chi connectivity index (χ0v) is 23.5. The molecule has 4 aliphatic rings. The number of pyridine rings is 2. The number of piperidine rings is 1. The SMILES string of the molecule is COc1ccc(CN2C3CC2CN(C2=CC=C(c4cc(OCC(C)C)cn5nc6[nH]ncc6c45)CN2C)C3)cn1. The first-order valence-electron chi connectivity index (χ1n) is 14.1. The van der Waals surface area contributed by atoms with Gasteiger partial charge >= 0.3 is 0 Å². The van der Waals surface area contributed by atoms with Crippen molar-refractivity contribution in [2.45, 2.75) is 38.9 Å². The van der Waals surface area contributed by atoms with Gasteiger partial charge in [0.05, 0.1) is 37.0 Å². The van der Waals surface area contributed by atoms with Crippen LogP contribution in [0.4, 0.5) is 0 Å². The summed E-state index contributed by atoms with van der Waals surface area (Å²) in [4.78, 5) is 11.9. The third-order valence-corrected chi connectivity index (χ3v) is 8.30. The average molecular weight is 541 g/mol. The summed E-state index contributed by atoms with van der Waals surface area (Å²) in [5, 5.41) is 13.0. The Morgan fingerprint density at radius 1 is 1.12 bits per heavy atom. The van der Waals surface area contributed by atoms with Crippen LogP contribution in [0, 0.1) is 5.92 Å². The summed E-state index contributed by atoms with van der Waals surface area (Å²) >= 11 is 0.